The van der Waals surface area contributed by atoms with Gasteiger partial charge in [0, 0.05) is 30.4 Å². The zero-order valence-corrected chi connectivity index (χ0v) is 13.4. The van der Waals surface area contributed by atoms with Crippen LogP contribution in [0.5, 0.6) is 0 Å². The van der Waals surface area contributed by atoms with Crippen molar-refractivity contribution in [3.05, 3.63) is 30.3 Å². The van der Waals surface area contributed by atoms with Crippen LogP contribution in [0.3, 0.4) is 0 Å². The Morgan fingerprint density at radius 2 is 1.80 bits per heavy atom. The molecule has 20 heavy (non-hydrogen) atoms. The Morgan fingerprint density at radius 3 is 2.30 bits per heavy atom. The van der Waals surface area contributed by atoms with Crippen LogP contribution in [0.1, 0.15) is 26.2 Å². The largest absolute Gasteiger partial charge is 0.383 e. The molecule has 112 valence electrons. The van der Waals surface area contributed by atoms with Crippen molar-refractivity contribution in [2.24, 2.45) is 0 Å². The summed E-state index contributed by atoms with van der Waals surface area (Å²) in [5.74, 6) is 0. The minimum Gasteiger partial charge on any atom is -0.383 e. The van der Waals surface area contributed by atoms with Gasteiger partial charge in [-0.05, 0) is 59.5 Å². The summed E-state index contributed by atoms with van der Waals surface area (Å²) in [6, 6.07) is 11.0. The zero-order chi connectivity index (χ0) is 14.6. The Hall–Kier alpha value is -1.06. The van der Waals surface area contributed by atoms with Crippen LogP contribution in [-0.4, -0.2) is 55.6 Å². The van der Waals surface area contributed by atoms with Gasteiger partial charge in [-0.1, -0.05) is 18.2 Å². The predicted molar refractivity (Wildman–Crippen MR) is 87.3 cm³/mol. The molecule has 1 unspecified atom stereocenters. The second kappa shape index (κ2) is 6.59. The topological polar surface area (TPSA) is 18.5 Å². The fourth-order valence-electron chi connectivity index (χ4n) is 2.93. The van der Waals surface area contributed by atoms with E-state index in [9.17, 15) is 0 Å². The first-order valence-electron chi connectivity index (χ1n) is 7.70. The number of para-hydroxylation sites is 1. The van der Waals surface area contributed by atoms with Gasteiger partial charge in [0.1, 0.15) is 0 Å². The van der Waals surface area contributed by atoms with E-state index in [0.29, 0.717) is 11.6 Å². The van der Waals surface area contributed by atoms with E-state index in [1.165, 1.54) is 24.9 Å². The molecule has 2 rings (SSSR count). The molecule has 1 aromatic rings. The van der Waals surface area contributed by atoms with Gasteiger partial charge in [-0.15, -0.1) is 0 Å². The Kier molecular flexibility index (Phi) is 5.06. The molecule has 0 amide bonds. The van der Waals surface area contributed by atoms with Gasteiger partial charge < -0.3 is 15.1 Å². The van der Waals surface area contributed by atoms with Crippen molar-refractivity contribution in [3.63, 3.8) is 0 Å². The summed E-state index contributed by atoms with van der Waals surface area (Å²) in [4.78, 5) is 4.92. The average molecular weight is 275 g/mol. The maximum absolute atomic E-state index is 3.52. The van der Waals surface area contributed by atoms with Crippen LogP contribution in [0.4, 0.5) is 5.69 Å². The molecule has 1 saturated carbocycles. The maximum Gasteiger partial charge on any atom is 0.0340 e. The van der Waals surface area contributed by atoms with Crippen LogP contribution in [-0.2, 0) is 0 Å². The number of benzene rings is 1. The van der Waals surface area contributed by atoms with Gasteiger partial charge in [-0.3, -0.25) is 0 Å². The molecule has 1 atom stereocenters. The van der Waals surface area contributed by atoms with E-state index < -0.39 is 0 Å². The normalized spacial score (nSPS) is 18.9. The highest BCUT2D eigenvalue weighted by atomic mass is 15.2. The van der Waals surface area contributed by atoms with E-state index in [2.05, 4.69) is 73.5 Å². The molecule has 3 heteroatoms. The van der Waals surface area contributed by atoms with Crippen molar-refractivity contribution >= 4 is 5.69 Å². The van der Waals surface area contributed by atoms with Crippen molar-refractivity contribution in [3.8, 4) is 0 Å². The average Bonchev–Trinajstić information content (AvgIpc) is 2.40. The van der Waals surface area contributed by atoms with Crippen molar-refractivity contribution in [1.82, 2.24) is 9.80 Å². The molecule has 1 fully saturated rings. The quantitative estimate of drug-likeness (QED) is 0.825. The summed E-state index contributed by atoms with van der Waals surface area (Å²) in [6.07, 6.45) is 4.05. The monoisotopic (exact) mass is 275 g/mol. The maximum atomic E-state index is 3.52. The number of anilines is 1. The molecule has 1 aliphatic carbocycles. The van der Waals surface area contributed by atoms with Gasteiger partial charge in [-0.2, -0.15) is 0 Å². The van der Waals surface area contributed by atoms with Crippen LogP contribution in [0.15, 0.2) is 30.3 Å². The summed E-state index contributed by atoms with van der Waals surface area (Å²) >= 11 is 0. The molecule has 0 saturated heterocycles. The lowest BCUT2D eigenvalue weighted by atomic mass is 9.75. The van der Waals surface area contributed by atoms with E-state index in [-0.39, 0.29) is 0 Å². The molecule has 1 aliphatic rings. The smallest absolute Gasteiger partial charge is 0.0340 e. The lowest BCUT2D eigenvalue weighted by Gasteiger charge is -2.50. The Balaban J connectivity index is 1.81. The SMILES string of the molecule is CC(CNc1ccccc1)N(C)CC1(N(C)C)CCC1. The van der Waals surface area contributed by atoms with Gasteiger partial charge in [0.2, 0.25) is 0 Å². The zero-order valence-electron chi connectivity index (χ0n) is 13.4. The van der Waals surface area contributed by atoms with E-state index in [0.717, 1.165) is 13.1 Å². The third-order valence-corrected chi connectivity index (χ3v) is 4.90. The molecule has 0 heterocycles. The Bertz CT molecular complexity index is 398. The Labute approximate surface area is 124 Å². The molecule has 3 nitrogen and oxygen atoms in total. The molecular formula is C17H29N3. The van der Waals surface area contributed by atoms with Crippen molar-refractivity contribution < 1.29 is 0 Å². The first-order valence-corrected chi connectivity index (χ1v) is 7.70. The molecule has 0 aromatic heterocycles. The van der Waals surface area contributed by atoms with E-state index in [1.807, 2.05) is 0 Å². The molecule has 1 aromatic carbocycles. The lowest BCUT2D eigenvalue weighted by Crippen LogP contribution is -2.58. The van der Waals surface area contributed by atoms with Crippen LogP contribution in [0, 0.1) is 0 Å². The fraction of sp³-hybridized carbons (Fsp3) is 0.647. The summed E-state index contributed by atoms with van der Waals surface area (Å²) in [6.45, 7) is 4.46. The standard InChI is InChI=1S/C17H29N3/c1-15(13-18-16-9-6-5-7-10-16)20(4)14-17(19(2)3)11-8-12-17/h5-7,9-10,15,18H,8,11-14H2,1-4H3. The second-order valence-corrected chi connectivity index (χ2v) is 6.48. The number of rotatable bonds is 7. The number of hydrogen-bond acceptors (Lipinski definition) is 3. The molecule has 0 aliphatic heterocycles. The fourth-order valence-corrected chi connectivity index (χ4v) is 2.93. The van der Waals surface area contributed by atoms with E-state index in [1.54, 1.807) is 0 Å². The number of hydrogen-bond donors (Lipinski definition) is 1. The third-order valence-electron chi connectivity index (χ3n) is 4.90. The van der Waals surface area contributed by atoms with Crippen molar-refractivity contribution in [2.45, 2.75) is 37.8 Å². The highest BCUT2D eigenvalue weighted by Gasteiger charge is 2.40. The highest BCUT2D eigenvalue weighted by Crippen LogP contribution is 2.36. The molecule has 1 N–H and O–H groups in total. The molecule has 0 spiro atoms. The number of nitrogens with one attached hydrogen (secondary N) is 1. The molecular weight excluding hydrogens is 246 g/mol. The van der Waals surface area contributed by atoms with Gasteiger partial charge in [0.05, 0.1) is 0 Å². The van der Waals surface area contributed by atoms with Crippen LogP contribution in [0.25, 0.3) is 0 Å². The van der Waals surface area contributed by atoms with E-state index >= 15 is 0 Å². The van der Waals surface area contributed by atoms with Gasteiger partial charge in [0.25, 0.3) is 0 Å². The highest BCUT2D eigenvalue weighted by molar-refractivity contribution is 5.42. The first kappa shape index (κ1) is 15.3. The predicted octanol–water partition coefficient (Wildman–Crippen LogP) is 2.90. The number of likely N-dealkylation sites (N-methyl/N-ethyl adjacent to an activating group) is 2. The van der Waals surface area contributed by atoms with Crippen LogP contribution in [0.2, 0.25) is 0 Å². The van der Waals surface area contributed by atoms with Gasteiger partial charge in [0.15, 0.2) is 0 Å². The molecule has 0 bridgehead atoms. The van der Waals surface area contributed by atoms with E-state index in [4.69, 9.17) is 0 Å². The van der Waals surface area contributed by atoms with Crippen molar-refractivity contribution in [1.29, 1.82) is 0 Å². The number of nitrogens with zero attached hydrogens (tertiary/aromatic N) is 2. The van der Waals surface area contributed by atoms with Crippen LogP contribution >= 0.6 is 0 Å². The summed E-state index contributed by atoms with van der Waals surface area (Å²) in [5.41, 5.74) is 1.62. The second-order valence-electron chi connectivity index (χ2n) is 6.48. The van der Waals surface area contributed by atoms with Gasteiger partial charge in [-0.25, -0.2) is 0 Å². The summed E-state index contributed by atoms with van der Waals surface area (Å²) in [7, 11) is 6.70. The summed E-state index contributed by atoms with van der Waals surface area (Å²) < 4.78 is 0. The minimum absolute atomic E-state index is 0.412. The molecule has 0 radical (unpaired) electrons. The summed E-state index contributed by atoms with van der Waals surface area (Å²) in [5, 5.41) is 3.52. The Morgan fingerprint density at radius 1 is 1.15 bits per heavy atom. The lowest BCUT2D eigenvalue weighted by molar-refractivity contribution is 0.0196. The van der Waals surface area contributed by atoms with Crippen LogP contribution < -0.4 is 5.32 Å². The van der Waals surface area contributed by atoms with Crippen molar-refractivity contribution in [2.75, 3.05) is 39.5 Å². The third kappa shape index (κ3) is 3.53. The minimum atomic E-state index is 0.412. The first-order chi connectivity index (χ1) is 9.53. The van der Waals surface area contributed by atoms with Gasteiger partial charge >= 0.3 is 0 Å².